The number of benzene rings is 2. The smallest absolute Gasteiger partial charge is 0.351 e. The Bertz CT molecular complexity index is 1700. The third-order valence-electron chi connectivity index (χ3n) is 8.71. The van der Waals surface area contributed by atoms with E-state index in [9.17, 15) is 18.0 Å². The van der Waals surface area contributed by atoms with Crippen LogP contribution in [-0.4, -0.2) is 80.9 Å². The summed E-state index contributed by atoms with van der Waals surface area (Å²) in [7, 11) is 3.74. The zero-order chi connectivity index (χ0) is 32.4. The Hall–Kier alpha value is -4.27. The number of piperazine rings is 1. The summed E-state index contributed by atoms with van der Waals surface area (Å²) < 4.78 is 43.6. The van der Waals surface area contributed by atoms with E-state index < -0.39 is 17.8 Å². The van der Waals surface area contributed by atoms with E-state index in [1.54, 1.807) is 24.0 Å². The second-order valence-electron chi connectivity index (χ2n) is 12.3. The van der Waals surface area contributed by atoms with Crippen molar-refractivity contribution in [3.05, 3.63) is 59.8 Å². The lowest BCUT2D eigenvalue weighted by Gasteiger charge is -2.33. The molecule has 1 saturated heterocycles. The standard InChI is InChI=1S/C32H39F3N10O/c1-43-10-12-45(13-11-43)19-21-6-8-25(16-26(21)32(33,34)35)39-31(46)41-29-17-28(44(2)42-29)20-7-9-27-22(14-20)18-37-30(40-27)38-24-5-3-4-23(36)15-24/h6-9,14,16-18,23-24H,3-5,10-13,15,19,36H2,1-2H3,(H,37,38,40)(H2,39,41,42,46)/t23-,24+/m1/s1. The van der Waals surface area contributed by atoms with Gasteiger partial charge in [-0.2, -0.15) is 18.3 Å². The Morgan fingerprint density at radius 3 is 2.59 bits per heavy atom. The fourth-order valence-electron chi connectivity index (χ4n) is 6.18. The molecule has 2 fully saturated rings. The number of carbonyl (C=O) groups excluding carboxylic acids is 1. The van der Waals surface area contributed by atoms with Gasteiger partial charge in [-0.15, -0.1) is 0 Å². The maximum atomic E-state index is 14.0. The van der Waals surface area contributed by atoms with Crippen LogP contribution in [0.15, 0.2) is 48.7 Å². The summed E-state index contributed by atoms with van der Waals surface area (Å²) in [5.74, 6) is 0.823. The highest BCUT2D eigenvalue weighted by atomic mass is 19.4. The average Bonchev–Trinajstić information content (AvgIpc) is 3.37. The molecule has 0 spiro atoms. The van der Waals surface area contributed by atoms with Gasteiger partial charge in [0, 0.05) is 80.8 Å². The van der Waals surface area contributed by atoms with Gasteiger partial charge in [-0.3, -0.25) is 14.9 Å². The molecule has 1 saturated carbocycles. The van der Waals surface area contributed by atoms with E-state index in [2.05, 4.69) is 35.9 Å². The van der Waals surface area contributed by atoms with Gasteiger partial charge in [-0.05, 0) is 62.6 Å². The molecule has 5 N–H and O–H groups in total. The van der Waals surface area contributed by atoms with Gasteiger partial charge < -0.3 is 21.3 Å². The van der Waals surface area contributed by atoms with Gasteiger partial charge in [0.05, 0.1) is 16.8 Å². The van der Waals surface area contributed by atoms with Crippen LogP contribution in [0.1, 0.15) is 36.8 Å². The van der Waals surface area contributed by atoms with E-state index in [-0.39, 0.29) is 35.7 Å². The van der Waals surface area contributed by atoms with E-state index in [1.807, 2.05) is 30.1 Å². The second-order valence-corrected chi connectivity index (χ2v) is 12.3. The van der Waals surface area contributed by atoms with Crippen LogP contribution in [0.3, 0.4) is 0 Å². The van der Waals surface area contributed by atoms with Crippen molar-refractivity contribution in [1.82, 2.24) is 29.5 Å². The Morgan fingerprint density at radius 2 is 1.83 bits per heavy atom. The Kier molecular flexibility index (Phi) is 9.11. The van der Waals surface area contributed by atoms with Gasteiger partial charge in [0.2, 0.25) is 5.95 Å². The van der Waals surface area contributed by atoms with Crippen molar-refractivity contribution >= 4 is 34.4 Å². The van der Waals surface area contributed by atoms with E-state index in [1.165, 1.54) is 12.1 Å². The number of likely N-dealkylation sites (N-methyl/N-ethyl adjacent to an activating group) is 1. The number of hydrogen-bond acceptors (Lipinski definition) is 8. The van der Waals surface area contributed by atoms with Crippen LogP contribution in [0.4, 0.5) is 35.4 Å². The van der Waals surface area contributed by atoms with Gasteiger partial charge in [-0.1, -0.05) is 12.1 Å². The molecule has 14 heteroatoms. The normalized spacial score (nSPS) is 19.7. The largest absolute Gasteiger partial charge is 0.416 e. The van der Waals surface area contributed by atoms with Gasteiger partial charge in [-0.25, -0.2) is 14.8 Å². The molecule has 4 aromatic rings. The highest BCUT2D eigenvalue weighted by molar-refractivity contribution is 5.99. The molecule has 2 aromatic carbocycles. The van der Waals surface area contributed by atoms with Crippen LogP contribution in [0.25, 0.3) is 22.2 Å². The number of anilines is 3. The van der Waals surface area contributed by atoms with Gasteiger partial charge in [0.1, 0.15) is 0 Å². The van der Waals surface area contributed by atoms with Gasteiger partial charge >= 0.3 is 12.2 Å². The lowest BCUT2D eigenvalue weighted by Crippen LogP contribution is -2.44. The zero-order valence-corrected chi connectivity index (χ0v) is 25.9. The quantitative estimate of drug-likeness (QED) is 0.220. The SMILES string of the molecule is CN1CCN(Cc2ccc(NC(=O)Nc3cc(-c4ccc5nc(N[C@H]6CCC[C@@H](N)C6)ncc5c4)n(C)n3)cc2C(F)(F)F)CC1. The number of fused-ring (bicyclic) bond motifs is 1. The Labute approximate surface area is 265 Å². The number of rotatable bonds is 7. The predicted octanol–water partition coefficient (Wildman–Crippen LogP) is 5.12. The van der Waals surface area contributed by atoms with E-state index in [0.717, 1.165) is 67.0 Å². The number of hydrogen-bond donors (Lipinski definition) is 4. The Morgan fingerprint density at radius 1 is 1.02 bits per heavy atom. The molecule has 1 aliphatic heterocycles. The third-order valence-corrected chi connectivity index (χ3v) is 8.71. The topological polar surface area (TPSA) is 129 Å². The fraction of sp³-hybridized carbons (Fsp3) is 0.438. The molecule has 3 heterocycles. The number of nitrogens with two attached hydrogens (primary N) is 1. The van der Waals surface area contributed by atoms with E-state index >= 15 is 0 Å². The summed E-state index contributed by atoms with van der Waals surface area (Å²) in [6, 6.07) is 11.1. The molecular formula is C32H39F3N10O. The van der Waals surface area contributed by atoms with Crippen molar-refractivity contribution < 1.29 is 18.0 Å². The maximum Gasteiger partial charge on any atom is 0.416 e. The monoisotopic (exact) mass is 636 g/mol. The molecule has 2 aliphatic rings. The lowest BCUT2D eigenvalue weighted by atomic mass is 9.92. The van der Waals surface area contributed by atoms with Crippen LogP contribution in [0, 0.1) is 0 Å². The molecule has 46 heavy (non-hydrogen) atoms. The minimum absolute atomic E-state index is 0.0397. The highest BCUT2D eigenvalue weighted by Crippen LogP contribution is 2.35. The minimum Gasteiger partial charge on any atom is -0.351 e. The first-order valence-corrected chi connectivity index (χ1v) is 15.5. The van der Waals surface area contributed by atoms with Crippen molar-refractivity contribution in [2.75, 3.05) is 49.2 Å². The second kappa shape index (κ2) is 13.2. The molecule has 0 bridgehead atoms. The molecule has 2 amide bonds. The highest BCUT2D eigenvalue weighted by Gasteiger charge is 2.34. The van der Waals surface area contributed by atoms with Crippen LogP contribution in [0.2, 0.25) is 0 Å². The first-order valence-electron chi connectivity index (χ1n) is 15.5. The number of alkyl halides is 3. The van der Waals surface area contributed by atoms with Crippen molar-refractivity contribution in [2.24, 2.45) is 12.8 Å². The van der Waals surface area contributed by atoms with Crippen molar-refractivity contribution in [3.8, 4) is 11.3 Å². The van der Waals surface area contributed by atoms with Crippen LogP contribution < -0.4 is 21.7 Å². The first kappa shape index (κ1) is 31.7. The lowest BCUT2D eigenvalue weighted by molar-refractivity contribution is -0.138. The number of nitrogens with zero attached hydrogens (tertiary/aromatic N) is 6. The summed E-state index contributed by atoms with van der Waals surface area (Å²) >= 11 is 0. The summed E-state index contributed by atoms with van der Waals surface area (Å²) in [5.41, 5.74) is 7.93. The number of halogens is 3. The summed E-state index contributed by atoms with van der Waals surface area (Å²) in [4.78, 5) is 26.1. The summed E-state index contributed by atoms with van der Waals surface area (Å²) in [6.45, 7) is 3.20. The van der Waals surface area contributed by atoms with Gasteiger partial charge in [0.15, 0.2) is 5.82 Å². The Balaban J connectivity index is 1.11. The number of nitrogens with one attached hydrogen (secondary N) is 3. The zero-order valence-electron chi connectivity index (χ0n) is 25.9. The van der Waals surface area contributed by atoms with Crippen molar-refractivity contribution in [1.29, 1.82) is 0 Å². The number of carbonyl (C=O) groups is 1. The minimum atomic E-state index is -4.56. The van der Waals surface area contributed by atoms with Crippen molar-refractivity contribution in [3.63, 3.8) is 0 Å². The van der Waals surface area contributed by atoms with E-state index in [0.29, 0.717) is 19.0 Å². The van der Waals surface area contributed by atoms with Crippen LogP contribution in [0.5, 0.6) is 0 Å². The van der Waals surface area contributed by atoms with Crippen LogP contribution >= 0.6 is 0 Å². The average molecular weight is 637 g/mol. The van der Waals surface area contributed by atoms with Crippen molar-refractivity contribution in [2.45, 2.75) is 50.5 Å². The molecule has 0 unspecified atom stereocenters. The van der Waals surface area contributed by atoms with Crippen LogP contribution in [-0.2, 0) is 19.8 Å². The summed E-state index contributed by atoms with van der Waals surface area (Å²) in [6.07, 6.45) is 1.28. The summed E-state index contributed by atoms with van der Waals surface area (Å²) in [5, 5.41) is 13.8. The number of aromatic nitrogens is 4. The maximum absolute atomic E-state index is 14.0. The molecule has 2 aromatic heterocycles. The molecule has 1 aliphatic carbocycles. The molecular weight excluding hydrogens is 597 g/mol. The third kappa shape index (κ3) is 7.57. The number of urea groups is 1. The first-order chi connectivity index (χ1) is 22.0. The molecule has 11 nitrogen and oxygen atoms in total. The molecule has 0 radical (unpaired) electrons. The number of aryl methyl sites for hydroxylation is 1. The molecule has 244 valence electrons. The molecule has 2 atom stereocenters. The predicted molar refractivity (Wildman–Crippen MR) is 172 cm³/mol. The van der Waals surface area contributed by atoms with Gasteiger partial charge in [0.25, 0.3) is 0 Å². The fourth-order valence-corrected chi connectivity index (χ4v) is 6.18. The molecule has 6 rings (SSSR count). The number of amides is 2. The van der Waals surface area contributed by atoms with E-state index in [4.69, 9.17) is 5.73 Å².